The van der Waals surface area contributed by atoms with Crippen molar-refractivity contribution in [3.63, 3.8) is 0 Å². The first-order valence-corrected chi connectivity index (χ1v) is 4.44. The van der Waals surface area contributed by atoms with Crippen LogP contribution in [0.3, 0.4) is 0 Å². The van der Waals surface area contributed by atoms with E-state index < -0.39 is 18.2 Å². The van der Waals surface area contributed by atoms with E-state index in [1.165, 1.54) is 12.1 Å². The van der Waals surface area contributed by atoms with Crippen molar-refractivity contribution in [2.45, 2.75) is 6.42 Å². The van der Waals surface area contributed by atoms with Crippen LogP contribution >= 0.6 is 15.9 Å². The van der Waals surface area contributed by atoms with Crippen LogP contribution in [0.15, 0.2) is 16.6 Å². The molecule has 14 heavy (non-hydrogen) atoms. The number of rotatable bonds is 2. The monoisotopic (exact) mass is 257 g/mol. The maximum Gasteiger partial charge on any atom is 0.307 e. The van der Waals surface area contributed by atoms with E-state index in [9.17, 15) is 9.18 Å². The summed E-state index contributed by atoms with van der Waals surface area (Å²) in [6.45, 7) is 0. The minimum Gasteiger partial charge on any atom is -0.481 e. The molecule has 0 saturated carbocycles. The Hall–Kier alpha value is -1.41. The van der Waals surface area contributed by atoms with E-state index in [0.717, 1.165) is 0 Å². The highest BCUT2D eigenvalue weighted by atomic mass is 79.9. The Morgan fingerprint density at radius 3 is 2.79 bits per heavy atom. The molecule has 0 aliphatic heterocycles. The lowest BCUT2D eigenvalue weighted by atomic mass is 10.1. The summed E-state index contributed by atoms with van der Waals surface area (Å²) < 4.78 is 13.7. The molecule has 1 rings (SSSR count). The van der Waals surface area contributed by atoms with Gasteiger partial charge in [0, 0.05) is 10.0 Å². The summed E-state index contributed by atoms with van der Waals surface area (Å²) in [5.74, 6) is -1.91. The van der Waals surface area contributed by atoms with Gasteiger partial charge in [0.15, 0.2) is 0 Å². The highest BCUT2D eigenvalue weighted by molar-refractivity contribution is 9.10. The lowest BCUT2D eigenvalue weighted by Crippen LogP contribution is -2.04. The van der Waals surface area contributed by atoms with Gasteiger partial charge in [-0.1, -0.05) is 15.9 Å². The quantitative estimate of drug-likeness (QED) is 0.883. The zero-order chi connectivity index (χ0) is 10.7. The lowest BCUT2D eigenvalue weighted by molar-refractivity contribution is -0.136. The van der Waals surface area contributed by atoms with Gasteiger partial charge in [0.05, 0.1) is 12.0 Å². The Labute approximate surface area is 87.9 Å². The average Bonchev–Trinajstić information content (AvgIpc) is 2.12. The molecule has 3 nitrogen and oxygen atoms in total. The molecular formula is C9H5BrFNO2. The summed E-state index contributed by atoms with van der Waals surface area (Å²) in [5.41, 5.74) is -0.152. The molecule has 0 heterocycles. The molecule has 1 aromatic rings. The van der Waals surface area contributed by atoms with E-state index in [2.05, 4.69) is 15.9 Å². The summed E-state index contributed by atoms with van der Waals surface area (Å²) in [7, 11) is 0. The van der Waals surface area contributed by atoms with Crippen molar-refractivity contribution < 1.29 is 14.3 Å². The number of carboxylic acids is 1. The molecule has 0 bridgehead atoms. The van der Waals surface area contributed by atoms with Gasteiger partial charge in [-0.2, -0.15) is 5.26 Å². The van der Waals surface area contributed by atoms with Gasteiger partial charge in [0.2, 0.25) is 0 Å². The van der Waals surface area contributed by atoms with Crippen LogP contribution in [0.4, 0.5) is 4.39 Å². The topological polar surface area (TPSA) is 61.1 Å². The molecule has 0 amide bonds. The minimum atomic E-state index is -1.14. The number of aliphatic carboxylic acids is 1. The van der Waals surface area contributed by atoms with Crippen molar-refractivity contribution in [3.05, 3.63) is 33.5 Å². The molecule has 72 valence electrons. The van der Waals surface area contributed by atoms with Gasteiger partial charge in [0.25, 0.3) is 0 Å². The lowest BCUT2D eigenvalue weighted by Gasteiger charge is -2.03. The van der Waals surface area contributed by atoms with E-state index in [4.69, 9.17) is 10.4 Å². The molecule has 0 atom stereocenters. The normalized spacial score (nSPS) is 9.50. The molecule has 0 spiro atoms. The van der Waals surface area contributed by atoms with Gasteiger partial charge in [0.1, 0.15) is 11.9 Å². The van der Waals surface area contributed by atoms with Crippen LogP contribution in [0.5, 0.6) is 0 Å². The Balaban J connectivity index is 3.27. The second-order valence-electron chi connectivity index (χ2n) is 2.57. The summed E-state index contributed by atoms with van der Waals surface area (Å²) in [4.78, 5) is 10.4. The fraction of sp³-hybridized carbons (Fsp3) is 0.111. The van der Waals surface area contributed by atoms with Crippen LogP contribution < -0.4 is 0 Å². The Bertz CT molecular complexity index is 426. The fourth-order valence-corrected chi connectivity index (χ4v) is 1.44. The zero-order valence-corrected chi connectivity index (χ0v) is 8.51. The van der Waals surface area contributed by atoms with Crippen molar-refractivity contribution in [3.8, 4) is 6.07 Å². The van der Waals surface area contributed by atoms with Crippen LogP contribution in [0.25, 0.3) is 0 Å². The van der Waals surface area contributed by atoms with E-state index >= 15 is 0 Å². The molecule has 0 radical (unpaired) electrons. The third-order valence-electron chi connectivity index (χ3n) is 1.63. The molecule has 1 aromatic carbocycles. The molecule has 0 saturated heterocycles. The highest BCUT2D eigenvalue weighted by Gasteiger charge is 2.14. The van der Waals surface area contributed by atoms with E-state index in [-0.39, 0.29) is 11.1 Å². The summed E-state index contributed by atoms with van der Waals surface area (Å²) >= 11 is 3.03. The van der Waals surface area contributed by atoms with Gasteiger partial charge in [-0.25, -0.2) is 4.39 Å². The third kappa shape index (κ3) is 2.09. The van der Waals surface area contributed by atoms with Gasteiger partial charge in [-0.05, 0) is 12.1 Å². The van der Waals surface area contributed by atoms with Crippen LogP contribution in [-0.4, -0.2) is 11.1 Å². The minimum absolute atomic E-state index is 0.00319. The predicted octanol–water partition coefficient (Wildman–Crippen LogP) is 2.09. The summed E-state index contributed by atoms with van der Waals surface area (Å²) in [5, 5.41) is 17.0. The Kier molecular flexibility index (Phi) is 3.20. The number of carbonyl (C=O) groups is 1. The maximum absolute atomic E-state index is 13.4. The number of nitriles is 1. The maximum atomic E-state index is 13.4. The first kappa shape index (κ1) is 10.7. The standard InChI is InChI=1S/C9H5BrFNO2/c10-7-2-1-5(4-12)9(11)6(7)3-8(13)14/h1-2H,3H2,(H,13,14). The molecule has 0 aromatic heterocycles. The molecule has 0 aliphatic carbocycles. The molecular weight excluding hydrogens is 253 g/mol. The first-order chi connectivity index (χ1) is 6.56. The first-order valence-electron chi connectivity index (χ1n) is 3.65. The SMILES string of the molecule is N#Cc1ccc(Br)c(CC(=O)O)c1F. The number of halogens is 2. The molecule has 5 heteroatoms. The Morgan fingerprint density at radius 1 is 1.64 bits per heavy atom. The van der Waals surface area contributed by atoms with Crippen molar-refractivity contribution in [1.82, 2.24) is 0 Å². The second-order valence-corrected chi connectivity index (χ2v) is 3.42. The molecule has 1 N–H and O–H groups in total. The van der Waals surface area contributed by atoms with Gasteiger partial charge in [-0.15, -0.1) is 0 Å². The number of hydrogen-bond acceptors (Lipinski definition) is 2. The number of carboxylic acid groups (broad SMARTS) is 1. The Morgan fingerprint density at radius 2 is 2.29 bits per heavy atom. The van der Waals surface area contributed by atoms with E-state index in [1.807, 2.05) is 0 Å². The van der Waals surface area contributed by atoms with E-state index in [0.29, 0.717) is 4.47 Å². The fourth-order valence-electron chi connectivity index (χ4n) is 0.997. The molecule has 0 unspecified atom stereocenters. The predicted molar refractivity (Wildman–Crippen MR) is 50.2 cm³/mol. The van der Waals surface area contributed by atoms with Gasteiger partial charge in [-0.3, -0.25) is 4.79 Å². The average molecular weight is 258 g/mol. The van der Waals surface area contributed by atoms with Crippen LogP contribution in [-0.2, 0) is 11.2 Å². The largest absolute Gasteiger partial charge is 0.481 e. The van der Waals surface area contributed by atoms with Crippen molar-refractivity contribution in [2.24, 2.45) is 0 Å². The number of hydrogen-bond donors (Lipinski definition) is 1. The van der Waals surface area contributed by atoms with E-state index in [1.54, 1.807) is 6.07 Å². The van der Waals surface area contributed by atoms with Crippen molar-refractivity contribution in [1.29, 1.82) is 5.26 Å². The molecule has 0 fully saturated rings. The van der Waals surface area contributed by atoms with Crippen molar-refractivity contribution in [2.75, 3.05) is 0 Å². The van der Waals surface area contributed by atoms with Crippen molar-refractivity contribution >= 4 is 21.9 Å². The van der Waals surface area contributed by atoms with Gasteiger partial charge >= 0.3 is 5.97 Å². The van der Waals surface area contributed by atoms with Crippen LogP contribution in [0, 0.1) is 17.1 Å². The zero-order valence-electron chi connectivity index (χ0n) is 6.92. The summed E-state index contributed by atoms with van der Waals surface area (Å²) in [6.07, 6.45) is -0.443. The summed E-state index contributed by atoms with van der Waals surface area (Å²) in [6, 6.07) is 4.40. The van der Waals surface area contributed by atoms with Crippen LogP contribution in [0.2, 0.25) is 0 Å². The second kappa shape index (κ2) is 4.20. The highest BCUT2D eigenvalue weighted by Crippen LogP contribution is 2.22. The third-order valence-corrected chi connectivity index (χ3v) is 2.38. The number of nitrogens with zero attached hydrogens (tertiary/aromatic N) is 1. The number of benzene rings is 1. The molecule has 0 aliphatic rings. The van der Waals surface area contributed by atoms with Gasteiger partial charge < -0.3 is 5.11 Å². The smallest absolute Gasteiger partial charge is 0.307 e. The van der Waals surface area contributed by atoms with Crippen LogP contribution in [0.1, 0.15) is 11.1 Å².